The highest BCUT2D eigenvalue weighted by molar-refractivity contribution is 7.90. The maximum Gasteiger partial charge on any atom is 0.460 e. The van der Waals surface area contributed by atoms with Crippen molar-refractivity contribution in [3.05, 3.63) is 12.7 Å². The predicted octanol–water partition coefficient (Wildman–Crippen LogP) is 12.0. The standard InChI is InChI=1S/C21H5F38NO2S/c1-2-3-60(20(56,57)16(46,47)12(38,39)8(30,31)7(28,29)11(36,37)15(44,45)19(53,54)55)63(61,62)21(58,59)17(48,49)13(40,41)9(32,33)5(24,25)4(22,23)6(26,27)10(34,35)14(42,43)18(50,51)52/h2H,1,3H2. The molecule has 0 rings (SSSR count). The van der Waals surface area contributed by atoms with Crippen LogP contribution >= 0.6 is 0 Å². The molecular formula is C21H5F38NO2S. The lowest BCUT2D eigenvalue weighted by atomic mass is 9.87. The molecule has 0 N–H and O–H groups in total. The van der Waals surface area contributed by atoms with Crippen molar-refractivity contribution < 1.29 is 175 Å². The van der Waals surface area contributed by atoms with Gasteiger partial charge in [0.05, 0.1) is 0 Å². The summed E-state index contributed by atoms with van der Waals surface area (Å²) in [5.74, 6) is -136. The summed E-state index contributed by atoms with van der Waals surface area (Å²) in [6, 6.07) is -9.23. The van der Waals surface area contributed by atoms with Gasteiger partial charge in [-0.05, 0) is 0 Å². The number of hydrogen-bond donors (Lipinski definition) is 0. The monoisotopic (exact) mass is 1060 g/mol. The Hall–Kier alpha value is -3.01. The van der Waals surface area contributed by atoms with Gasteiger partial charge in [-0.25, -0.2) is 8.42 Å². The van der Waals surface area contributed by atoms with Crippen molar-refractivity contribution in [1.29, 1.82) is 0 Å². The van der Waals surface area contributed by atoms with Crippen LogP contribution in [0.25, 0.3) is 0 Å². The SMILES string of the molecule is C=CCN(C(F)(F)C(F)(F)C(F)(F)C(F)(F)C(F)(F)C(F)(F)C(F)(F)C(F)(F)F)S(=O)(=O)C(F)(F)C(F)(F)C(F)(F)C(F)(F)C(F)(F)C(F)(F)C(F)(F)C(F)(F)C(F)(F)C(F)(F)F. The van der Waals surface area contributed by atoms with Crippen LogP contribution in [0.15, 0.2) is 12.7 Å². The largest absolute Gasteiger partial charge is 0.460 e. The molecule has 0 unspecified atom stereocenters. The van der Waals surface area contributed by atoms with Gasteiger partial charge in [-0.3, -0.25) is 0 Å². The van der Waals surface area contributed by atoms with E-state index in [1.165, 1.54) is 0 Å². The Morgan fingerprint density at radius 1 is 0.302 bits per heavy atom. The van der Waals surface area contributed by atoms with Crippen molar-refractivity contribution in [2.75, 3.05) is 6.54 Å². The Bertz CT molecular complexity index is 1800. The van der Waals surface area contributed by atoms with E-state index in [1.807, 2.05) is 0 Å². The van der Waals surface area contributed by atoms with Crippen molar-refractivity contribution in [1.82, 2.24) is 4.31 Å². The summed E-state index contributed by atoms with van der Waals surface area (Å²) in [7, 11) is -10.3. The smallest absolute Gasteiger partial charge is 0.205 e. The molecule has 0 saturated carbocycles. The van der Waals surface area contributed by atoms with Gasteiger partial charge in [-0.2, -0.15) is 167 Å². The lowest BCUT2D eigenvalue weighted by Gasteiger charge is -2.46. The van der Waals surface area contributed by atoms with Crippen molar-refractivity contribution in [3.8, 4) is 0 Å². The second-order valence-electron chi connectivity index (χ2n) is 11.4. The number of rotatable bonds is 19. The Morgan fingerprint density at radius 2 is 0.476 bits per heavy atom. The minimum atomic E-state index is -10.3. The highest BCUT2D eigenvalue weighted by atomic mass is 32.2. The topological polar surface area (TPSA) is 37.4 Å². The molecule has 0 saturated heterocycles. The number of nitrogens with zero attached hydrogens (tertiary/aromatic N) is 1. The Kier molecular flexibility index (Phi) is 14.0. The molecule has 0 aromatic heterocycles. The fraction of sp³-hybridized carbons (Fsp3) is 0.905. The van der Waals surface area contributed by atoms with E-state index in [0.29, 0.717) is 0 Å². The first-order valence-electron chi connectivity index (χ1n) is 13.3. The number of alkyl halides is 38. The first kappa shape index (κ1) is 60.0. The molecule has 0 aliphatic rings. The first-order valence-corrected chi connectivity index (χ1v) is 14.7. The molecule has 0 bridgehead atoms. The lowest BCUT2D eigenvalue weighted by molar-refractivity contribution is -0.472. The van der Waals surface area contributed by atoms with E-state index >= 15 is 0 Å². The molecule has 0 spiro atoms. The first-order chi connectivity index (χ1) is 26.4. The van der Waals surface area contributed by atoms with Gasteiger partial charge in [0.1, 0.15) is 0 Å². The molecule has 63 heavy (non-hydrogen) atoms. The van der Waals surface area contributed by atoms with Crippen molar-refractivity contribution >= 4 is 10.0 Å². The number of hydrogen-bond acceptors (Lipinski definition) is 2. The average molecular weight is 1060 g/mol. The Balaban J connectivity index is 8.10. The van der Waals surface area contributed by atoms with E-state index in [-0.39, 0.29) is 0 Å². The molecular weight excluding hydrogens is 1050 g/mol. The van der Waals surface area contributed by atoms with Gasteiger partial charge >= 0.3 is 107 Å². The molecule has 0 fully saturated rings. The Labute approximate surface area is 316 Å². The van der Waals surface area contributed by atoms with E-state index < -0.39 is 134 Å². The molecule has 0 aromatic carbocycles. The summed E-state index contributed by atoms with van der Waals surface area (Å²) in [6.45, 7) is -2.30. The van der Waals surface area contributed by atoms with Crippen LogP contribution in [0.5, 0.6) is 0 Å². The highest BCUT2D eigenvalue weighted by Crippen LogP contribution is 2.68. The van der Waals surface area contributed by atoms with E-state index in [2.05, 4.69) is 0 Å². The summed E-state index contributed by atoms with van der Waals surface area (Å²) in [4.78, 5) is 0. The average Bonchev–Trinajstić information content (AvgIpc) is 3.04. The van der Waals surface area contributed by atoms with E-state index in [1.54, 1.807) is 6.58 Å². The zero-order chi connectivity index (χ0) is 52.5. The van der Waals surface area contributed by atoms with Crippen molar-refractivity contribution in [2.24, 2.45) is 0 Å². The van der Waals surface area contributed by atoms with Crippen LogP contribution in [0.1, 0.15) is 0 Å². The second kappa shape index (κ2) is 14.7. The molecule has 3 nitrogen and oxygen atoms in total. The molecule has 0 heterocycles. The van der Waals surface area contributed by atoms with Gasteiger partial charge in [0.25, 0.3) is 10.0 Å². The zero-order valence-corrected chi connectivity index (χ0v) is 27.8. The van der Waals surface area contributed by atoms with E-state index in [0.717, 1.165) is 0 Å². The minimum absolute atomic E-state index is 1.36. The summed E-state index contributed by atoms with van der Waals surface area (Å²) >= 11 is 0. The summed E-state index contributed by atoms with van der Waals surface area (Å²) in [5, 5.41) is -9.67. The van der Waals surface area contributed by atoms with Crippen molar-refractivity contribution in [3.63, 3.8) is 0 Å². The molecule has 0 aliphatic heterocycles. The minimum Gasteiger partial charge on any atom is -0.205 e. The zero-order valence-electron chi connectivity index (χ0n) is 27.0. The number of halogens is 38. The molecule has 0 radical (unpaired) electrons. The summed E-state index contributed by atoms with van der Waals surface area (Å²) in [5.41, 5.74) is 0. The number of sulfonamides is 1. The van der Waals surface area contributed by atoms with Crippen LogP contribution in [-0.2, 0) is 10.0 Å². The molecule has 0 aliphatic carbocycles. The maximum absolute atomic E-state index is 14.6. The summed E-state index contributed by atoms with van der Waals surface area (Å²) < 4.78 is 536. The molecule has 0 atom stereocenters. The predicted molar refractivity (Wildman–Crippen MR) is 117 cm³/mol. The van der Waals surface area contributed by atoms with Crippen LogP contribution in [0.4, 0.5) is 167 Å². The van der Waals surface area contributed by atoms with Crippen LogP contribution in [0.3, 0.4) is 0 Å². The maximum atomic E-state index is 14.6. The molecule has 42 heteroatoms. The van der Waals surface area contributed by atoms with Gasteiger partial charge in [0, 0.05) is 6.54 Å². The van der Waals surface area contributed by atoms with E-state index in [4.69, 9.17) is 0 Å². The van der Waals surface area contributed by atoms with Gasteiger partial charge in [0.15, 0.2) is 0 Å². The quantitative estimate of drug-likeness (QED) is 0.0734. The molecule has 0 amide bonds. The Morgan fingerprint density at radius 3 is 0.667 bits per heavy atom. The third kappa shape index (κ3) is 7.04. The third-order valence-electron chi connectivity index (χ3n) is 7.41. The fourth-order valence-electron chi connectivity index (χ4n) is 3.64. The molecule has 0 aromatic rings. The fourth-order valence-corrected chi connectivity index (χ4v) is 5.08. The second-order valence-corrected chi connectivity index (χ2v) is 13.3. The third-order valence-corrected chi connectivity index (χ3v) is 9.27. The van der Waals surface area contributed by atoms with Gasteiger partial charge in [0.2, 0.25) is 0 Å². The van der Waals surface area contributed by atoms with Crippen molar-refractivity contribution in [2.45, 2.75) is 107 Å². The summed E-state index contributed by atoms with van der Waals surface area (Å²) in [6.07, 6.45) is -18.2. The van der Waals surface area contributed by atoms with Crippen LogP contribution in [0.2, 0.25) is 0 Å². The van der Waals surface area contributed by atoms with Crippen LogP contribution in [-0.4, -0.2) is 126 Å². The van der Waals surface area contributed by atoms with Crippen LogP contribution < -0.4 is 0 Å². The van der Waals surface area contributed by atoms with Crippen LogP contribution in [0, 0.1) is 0 Å². The van der Waals surface area contributed by atoms with Gasteiger partial charge in [-0.15, -0.1) is 10.9 Å². The van der Waals surface area contributed by atoms with Gasteiger partial charge in [-0.1, -0.05) is 6.08 Å². The van der Waals surface area contributed by atoms with Gasteiger partial charge < -0.3 is 0 Å². The highest BCUT2D eigenvalue weighted by Gasteiger charge is 3.00. The normalized spacial score (nSPS) is 17.1. The van der Waals surface area contributed by atoms with E-state index in [9.17, 15) is 175 Å². The lowest BCUT2D eigenvalue weighted by Crippen LogP contribution is -2.78. The molecule has 378 valence electrons.